The van der Waals surface area contributed by atoms with Gasteiger partial charge in [0.25, 0.3) is 5.91 Å². The van der Waals surface area contributed by atoms with Crippen molar-refractivity contribution in [2.45, 2.75) is 26.3 Å². The molecule has 0 atom stereocenters. The van der Waals surface area contributed by atoms with Crippen molar-refractivity contribution in [2.75, 3.05) is 20.5 Å². The Balaban J connectivity index is 2.04. The summed E-state index contributed by atoms with van der Waals surface area (Å²) in [4.78, 5) is 31.9. The van der Waals surface area contributed by atoms with Crippen LogP contribution in [0.1, 0.15) is 36.7 Å². The fraction of sp³-hybridized carbons (Fsp3) is 0.304. The van der Waals surface area contributed by atoms with Gasteiger partial charge in [-0.05, 0) is 57.2 Å². The summed E-state index contributed by atoms with van der Waals surface area (Å²) >= 11 is 12.4. The van der Waals surface area contributed by atoms with Crippen molar-refractivity contribution >= 4 is 40.7 Å². The highest BCUT2D eigenvalue weighted by Gasteiger charge is 2.50. The van der Waals surface area contributed by atoms with Gasteiger partial charge in [-0.3, -0.25) is 4.79 Å². The minimum absolute atomic E-state index is 0.101. The van der Waals surface area contributed by atoms with Crippen LogP contribution in [-0.4, -0.2) is 43.0 Å². The highest BCUT2D eigenvalue weighted by molar-refractivity contribution is 6.37. The molecule has 0 saturated carbocycles. The third-order valence-electron chi connectivity index (χ3n) is 4.88. The second-order valence-corrected chi connectivity index (χ2v) is 8.19. The molecule has 0 aliphatic carbocycles. The molecule has 0 radical (unpaired) electrons. The van der Waals surface area contributed by atoms with Crippen molar-refractivity contribution in [2.24, 2.45) is 0 Å². The summed E-state index contributed by atoms with van der Waals surface area (Å²) in [6, 6.07) is 11.1. The lowest BCUT2D eigenvalue weighted by atomic mass is 9.99. The van der Waals surface area contributed by atoms with Crippen LogP contribution in [0.15, 0.2) is 48.2 Å². The molecule has 170 valence electrons. The number of hydroxylamine groups is 2. The number of rotatable bonds is 8. The first-order valence-corrected chi connectivity index (χ1v) is 10.6. The zero-order valence-corrected chi connectivity index (χ0v) is 19.6. The summed E-state index contributed by atoms with van der Waals surface area (Å²) in [5, 5.41) is 1.77. The van der Waals surface area contributed by atoms with Crippen LogP contribution >= 0.6 is 23.2 Å². The fourth-order valence-electron chi connectivity index (χ4n) is 3.23. The van der Waals surface area contributed by atoms with Gasteiger partial charge in [-0.25, -0.2) is 14.7 Å². The maximum atomic E-state index is 13.4. The molecule has 0 fully saturated rings. The van der Waals surface area contributed by atoms with E-state index < -0.39 is 17.4 Å². The summed E-state index contributed by atoms with van der Waals surface area (Å²) in [5.41, 5.74) is -0.366. The maximum absolute atomic E-state index is 13.4. The van der Waals surface area contributed by atoms with E-state index in [0.29, 0.717) is 22.9 Å². The van der Waals surface area contributed by atoms with Crippen molar-refractivity contribution in [3.63, 3.8) is 0 Å². The van der Waals surface area contributed by atoms with E-state index in [4.69, 9.17) is 42.3 Å². The van der Waals surface area contributed by atoms with Crippen LogP contribution in [0.3, 0.4) is 0 Å². The topological polar surface area (TPSA) is 74.3 Å². The van der Waals surface area contributed by atoms with Gasteiger partial charge in [-0.1, -0.05) is 29.3 Å². The predicted octanol–water partition coefficient (Wildman–Crippen LogP) is 5.12. The Kier molecular flexibility index (Phi) is 7.46. The summed E-state index contributed by atoms with van der Waals surface area (Å²) in [6.45, 7) is 5.46. The predicted molar refractivity (Wildman–Crippen MR) is 120 cm³/mol. The van der Waals surface area contributed by atoms with Gasteiger partial charge in [0.05, 0.1) is 23.3 Å². The number of halogens is 2. The largest absolute Gasteiger partial charge is 0.497 e. The van der Waals surface area contributed by atoms with Crippen LogP contribution in [0.5, 0.6) is 5.75 Å². The van der Waals surface area contributed by atoms with Crippen molar-refractivity contribution in [3.05, 3.63) is 69.4 Å². The van der Waals surface area contributed by atoms with E-state index in [9.17, 15) is 9.59 Å². The third kappa shape index (κ3) is 4.76. The van der Waals surface area contributed by atoms with E-state index >= 15 is 0 Å². The molecule has 0 unspecified atom stereocenters. The number of esters is 1. The SMILES string of the molecule is CCOCON1C(=O)C(c2ccc(Cl)cc2Cl)=C(OC(=O)c2ccc(OC)cc2)C1(C)C. The van der Waals surface area contributed by atoms with Gasteiger partial charge in [-0.2, -0.15) is 0 Å². The first kappa shape index (κ1) is 24.1. The Morgan fingerprint density at radius 3 is 2.38 bits per heavy atom. The van der Waals surface area contributed by atoms with Gasteiger partial charge in [0.15, 0.2) is 6.79 Å². The van der Waals surface area contributed by atoms with Gasteiger partial charge in [0.1, 0.15) is 17.0 Å². The summed E-state index contributed by atoms with van der Waals surface area (Å²) < 4.78 is 16.1. The van der Waals surface area contributed by atoms with Gasteiger partial charge in [0, 0.05) is 17.2 Å². The number of hydrogen-bond donors (Lipinski definition) is 0. The number of carbonyl (C=O) groups is 2. The fourth-order valence-corrected chi connectivity index (χ4v) is 3.73. The normalized spacial score (nSPS) is 15.3. The van der Waals surface area contributed by atoms with Gasteiger partial charge in [-0.15, -0.1) is 0 Å². The van der Waals surface area contributed by atoms with Gasteiger partial charge < -0.3 is 14.2 Å². The molecule has 9 heteroatoms. The van der Waals surface area contributed by atoms with Crippen molar-refractivity contribution in [1.29, 1.82) is 0 Å². The number of hydrogen-bond acceptors (Lipinski definition) is 6. The summed E-state index contributed by atoms with van der Waals surface area (Å²) in [5.74, 6) is -0.459. The number of amides is 1. The number of carbonyl (C=O) groups excluding carboxylic acids is 2. The molecule has 0 spiro atoms. The minimum Gasteiger partial charge on any atom is -0.497 e. The molecule has 1 heterocycles. The molecule has 32 heavy (non-hydrogen) atoms. The lowest BCUT2D eigenvalue weighted by Gasteiger charge is -2.31. The van der Waals surface area contributed by atoms with E-state index in [0.717, 1.165) is 5.06 Å². The molecule has 7 nitrogen and oxygen atoms in total. The van der Waals surface area contributed by atoms with Crippen molar-refractivity contribution < 1.29 is 28.6 Å². The highest BCUT2D eigenvalue weighted by Crippen LogP contribution is 2.43. The second-order valence-electron chi connectivity index (χ2n) is 7.34. The Morgan fingerprint density at radius 2 is 1.78 bits per heavy atom. The zero-order chi connectivity index (χ0) is 23.5. The Bertz CT molecular complexity index is 1050. The summed E-state index contributed by atoms with van der Waals surface area (Å²) in [7, 11) is 1.53. The van der Waals surface area contributed by atoms with Crippen LogP contribution in [0.4, 0.5) is 0 Å². The van der Waals surface area contributed by atoms with Crippen LogP contribution in [-0.2, 0) is 19.1 Å². The zero-order valence-electron chi connectivity index (χ0n) is 18.1. The maximum Gasteiger partial charge on any atom is 0.343 e. The smallest absolute Gasteiger partial charge is 0.343 e. The molecule has 0 N–H and O–H groups in total. The molecule has 0 bridgehead atoms. The van der Waals surface area contributed by atoms with Crippen LogP contribution < -0.4 is 4.74 Å². The van der Waals surface area contributed by atoms with Gasteiger partial charge >= 0.3 is 5.97 Å². The first-order valence-electron chi connectivity index (χ1n) is 9.82. The van der Waals surface area contributed by atoms with Crippen molar-refractivity contribution in [1.82, 2.24) is 5.06 Å². The highest BCUT2D eigenvalue weighted by atomic mass is 35.5. The van der Waals surface area contributed by atoms with E-state index in [2.05, 4.69) is 0 Å². The average Bonchev–Trinajstić information content (AvgIpc) is 2.94. The average molecular weight is 480 g/mol. The molecule has 2 aromatic carbocycles. The second kappa shape index (κ2) is 9.92. The number of ether oxygens (including phenoxy) is 3. The minimum atomic E-state index is -1.13. The monoisotopic (exact) mass is 479 g/mol. The molecule has 0 saturated heterocycles. The van der Waals surface area contributed by atoms with E-state index in [1.54, 1.807) is 57.2 Å². The Labute approximate surface area is 196 Å². The van der Waals surface area contributed by atoms with Crippen LogP contribution in [0.25, 0.3) is 5.57 Å². The quantitative estimate of drug-likeness (QED) is 0.297. The van der Waals surface area contributed by atoms with Gasteiger partial charge in [0.2, 0.25) is 0 Å². The van der Waals surface area contributed by atoms with Crippen LogP contribution in [0.2, 0.25) is 10.0 Å². The van der Waals surface area contributed by atoms with E-state index in [-0.39, 0.29) is 28.7 Å². The standard InChI is InChI=1S/C23H23Cl2NO6/c1-5-30-13-31-26-21(27)19(17-11-8-15(24)12-18(17)25)20(23(26,2)3)32-22(28)14-6-9-16(29-4)10-7-14/h6-12H,5,13H2,1-4H3. The number of nitrogens with zero attached hydrogens (tertiary/aromatic N) is 1. The van der Waals surface area contributed by atoms with Crippen molar-refractivity contribution in [3.8, 4) is 5.75 Å². The molecule has 1 amide bonds. The molecular formula is C23H23Cl2NO6. The Hall–Kier alpha value is -2.58. The summed E-state index contributed by atoms with van der Waals surface area (Å²) in [6.07, 6.45) is 0. The third-order valence-corrected chi connectivity index (χ3v) is 5.43. The lowest BCUT2D eigenvalue weighted by Crippen LogP contribution is -2.44. The van der Waals surface area contributed by atoms with Crippen LogP contribution in [0, 0.1) is 0 Å². The molecule has 1 aliphatic rings. The first-order chi connectivity index (χ1) is 15.2. The number of benzene rings is 2. The molecule has 1 aliphatic heterocycles. The van der Waals surface area contributed by atoms with E-state index in [1.807, 2.05) is 0 Å². The molecule has 2 aromatic rings. The molecule has 3 rings (SSSR count). The number of methoxy groups -OCH3 is 1. The molecule has 0 aromatic heterocycles. The van der Waals surface area contributed by atoms with E-state index in [1.165, 1.54) is 13.2 Å². The Morgan fingerprint density at radius 1 is 1.09 bits per heavy atom. The lowest BCUT2D eigenvalue weighted by molar-refractivity contribution is -0.242. The molecular weight excluding hydrogens is 457 g/mol.